The number of rotatable bonds is 9. The summed E-state index contributed by atoms with van der Waals surface area (Å²) in [4.78, 5) is 43.6. The zero-order chi connectivity index (χ0) is 28.1. The van der Waals surface area contributed by atoms with Crippen LogP contribution in [0.3, 0.4) is 0 Å². The molecular weight excluding hydrogens is 588 g/mol. The normalized spacial score (nSPS) is 14.9. The number of carbonyl (C=O) groups is 2. The Bertz CT molecular complexity index is 1610. The van der Waals surface area contributed by atoms with E-state index in [1.54, 1.807) is 29.7 Å². The number of benzene rings is 2. The van der Waals surface area contributed by atoms with Crippen molar-refractivity contribution in [3.63, 3.8) is 0 Å². The third-order valence-electron chi connectivity index (χ3n) is 5.95. The van der Waals surface area contributed by atoms with Crippen LogP contribution in [0.5, 0.6) is 11.5 Å². The van der Waals surface area contributed by atoms with Gasteiger partial charge in [-0.25, -0.2) is 14.6 Å². The number of hydrogen-bond acceptors (Lipinski definition) is 9. The van der Waals surface area contributed by atoms with Crippen molar-refractivity contribution in [3.05, 3.63) is 89.0 Å². The Labute approximate surface area is 237 Å². The van der Waals surface area contributed by atoms with Crippen LogP contribution in [0.25, 0.3) is 6.08 Å². The minimum atomic E-state index is -0.674. The SMILES string of the molecule is CCOC(=O)COc1c(Br)cc(/C=c2\sc3n(c2=O)[C@H](c2ccccc2)C(C(=O)OC)=C(CC)N=3)cc1OC. The van der Waals surface area contributed by atoms with Gasteiger partial charge in [-0.1, -0.05) is 48.6 Å². The summed E-state index contributed by atoms with van der Waals surface area (Å²) < 4.78 is 23.6. The number of ether oxygens (including phenoxy) is 4. The van der Waals surface area contributed by atoms with Crippen molar-refractivity contribution >= 4 is 45.3 Å². The fraction of sp³-hybridized carbons (Fsp3) is 0.286. The van der Waals surface area contributed by atoms with Crippen LogP contribution < -0.4 is 24.4 Å². The molecule has 0 fully saturated rings. The summed E-state index contributed by atoms with van der Waals surface area (Å²) in [5.41, 5.74) is 2.07. The largest absolute Gasteiger partial charge is 0.493 e. The smallest absolute Gasteiger partial charge is 0.344 e. The van der Waals surface area contributed by atoms with Gasteiger partial charge in [0.15, 0.2) is 22.9 Å². The molecule has 1 aliphatic heterocycles. The number of esters is 2. The molecule has 0 radical (unpaired) electrons. The van der Waals surface area contributed by atoms with Gasteiger partial charge < -0.3 is 18.9 Å². The first-order valence-corrected chi connectivity index (χ1v) is 13.8. The van der Waals surface area contributed by atoms with Crippen molar-refractivity contribution in [2.24, 2.45) is 4.99 Å². The Kier molecular flexibility index (Phi) is 9.03. The molecule has 4 rings (SSSR count). The molecule has 0 saturated carbocycles. The molecule has 1 aromatic heterocycles. The van der Waals surface area contributed by atoms with E-state index in [1.807, 2.05) is 37.3 Å². The van der Waals surface area contributed by atoms with Gasteiger partial charge in [0.1, 0.15) is 0 Å². The third kappa shape index (κ3) is 5.84. The summed E-state index contributed by atoms with van der Waals surface area (Å²) in [6.07, 6.45) is 2.22. The van der Waals surface area contributed by atoms with E-state index in [1.165, 1.54) is 25.6 Å². The average Bonchev–Trinajstić information content (AvgIpc) is 3.25. The lowest BCUT2D eigenvalue weighted by Gasteiger charge is -2.25. The third-order valence-corrected chi connectivity index (χ3v) is 7.53. The minimum absolute atomic E-state index is 0.253. The van der Waals surface area contributed by atoms with Gasteiger partial charge in [-0.2, -0.15) is 0 Å². The molecule has 0 unspecified atom stereocenters. The zero-order valence-electron chi connectivity index (χ0n) is 21.9. The molecule has 2 aromatic carbocycles. The standard InChI is InChI=1S/C28H27BrN2O7S/c1-5-19-23(27(34)36-4)24(17-10-8-7-9-11-17)31-26(33)21(39-28(31)30-19)14-16-12-18(29)25(20(13-16)35-3)38-15-22(32)37-6-2/h7-14,24H,5-6,15H2,1-4H3/b21-14-/t24-/m1/s1. The van der Waals surface area contributed by atoms with E-state index >= 15 is 0 Å². The molecular formula is C28H27BrN2O7S. The van der Waals surface area contributed by atoms with Gasteiger partial charge in [-0.3, -0.25) is 9.36 Å². The van der Waals surface area contributed by atoms with Crippen molar-refractivity contribution < 1.29 is 28.5 Å². The molecule has 11 heteroatoms. The highest BCUT2D eigenvalue weighted by Crippen LogP contribution is 2.37. The lowest BCUT2D eigenvalue weighted by atomic mass is 9.95. The lowest BCUT2D eigenvalue weighted by molar-refractivity contribution is -0.145. The molecule has 0 amide bonds. The maximum absolute atomic E-state index is 13.8. The summed E-state index contributed by atoms with van der Waals surface area (Å²) in [5, 5.41) is 0. The molecule has 2 heterocycles. The molecule has 204 valence electrons. The van der Waals surface area contributed by atoms with Gasteiger partial charge >= 0.3 is 11.9 Å². The van der Waals surface area contributed by atoms with Gasteiger partial charge in [-0.05, 0) is 58.6 Å². The number of carbonyl (C=O) groups excluding carboxylic acids is 2. The fourth-order valence-corrected chi connectivity index (χ4v) is 5.86. The maximum Gasteiger partial charge on any atom is 0.344 e. The molecule has 1 aliphatic rings. The molecule has 3 aromatic rings. The van der Waals surface area contributed by atoms with E-state index in [0.717, 1.165) is 5.56 Å². The van der Waals surface area contributed by atoms with Crippen LogP contribution in [0.15, 0.2) is 68.0 Å². The van der Waals surface area contributed by atoms with E-state index in [9.17, 15) is 14.4 Å². The molecule has 39 heavy (non-hydrogen) atoms. The zero-order valence-corrected chi connectivity index (χ0v) is 24.3. The van der Waals surface area contributed by atoms with Crippen LogP contribution in [0.2, 0.25) is 0 Å². The predicted molar refractivity (Wildman–Crippen MR) is 150 cm³/mol. The highest BCUT2D eigenvalue weighted by molar-refractivity contribution is 9.10. The van der Waals surface area contributed by atoms with Crippen LogP contribution >= 0.6 is 27.3 Å². The number of hydrogen-bond donors (Lipinski definition) is 0. The predicted octanol–water partition coefficient (Wildman–Crippen LogP) is 3.51. The minimum Gasteiger partial charge on any atom is -0.493 e. The number of methoxy groups -OCH3 is 2. The first-order chi connectivity index (χ1) is 18.8. The number of fused-ring (bicyclic) bond motifs is 1. The lowest BCUT2D eigenvalue weighted by Crippen LogP contribution is -2.40. The Morgan fingerprint density at radius 3 is 2.54 bits per heavy atom. The van der Waals surface area contributed by atoms with E-state index in [0.29, 0.717) is 48.6 Å². The van der Waals surface area contributed by atoms with Crippen LogP contribution in [0, 0.1) is 0 Å². The number of thiazole rings is 1. The maximum atomic E-state index is 13.8. The van der Waals surface area contributed by atoms with Gasteiger partial charge in [0.25, 0.3) is 5.56 Å². The Hall–Kier alpha value is -3.70. The van der Waals surface area contributed by atoms with Gasteiger partial charge in [0.05, 0.1) is 47.1 Å². The molecule has 1 atom stereocenters. The van der Waals surface area contributed by atoms with Crippen LogP contribution in [-0.2, 0) is 19.1 Å². The number of allylic oxidation sites excluding steroid dienone is 1. The second-order valence-corrected chi connectivity index (χ2v) is 10.2. The van der Waals surface area contributed by atoms with Crippen LogP contribution in [-0.4, -0.2) is 43.9 Å². The van der Waals surface area contributed by atoms with Gasteiger partial charge in [0, 0.05) is 0 Å². The van der Waals surface area contributed by atoms with Crippen molar-refractivity contribution in [1.29, 1.82) is 0 Å². The van der Waals surface area contributed by atoms with Gasteiger partial charge in [0.2, 0.25) is 0 Å². The number of aromatic nitrogens is 1. The Morgan fingerprint density at radius 1 is 1.15 bits per heavy atom. The summed E-state index contributed by atoms with van der Waals surface area (Å²) >= 11 is 4.70. The second kappa shape index (κ2) is 12.4. The summed E-state index contributed by atoms with van der Waals surface area (Å²) in [6.45, 7) is 3.60. The van der Waals surface area contributed by atoms with E-state index in [-0.39, 0.29) is 18.8 Å². The first-order valence-electron chi connectivity index (χ1n) is 12.2. The topological polar surface area (TPSA) is 105 Å². The van der Waals surface area contributed by atoms with Crippen LogP contribution in [0.1, 0.15) is 37.4 Å². The van der Waals surface area contributed by atoms with Crippen molar-refractivity contribution in [1.82, 2.24) is 4.57 Å². The highest BCUT2D eigenvalue weighted by Gasteiger charge is 2.33. The molecule has 0 aliphatic carbocycles. The van der Waals surface area contributed by atoms with Crippen molar-refractivity contribution in [2.75, 3.05) is 27.4 Å². The molecule has 0 N–H and O–H groups in total. The monoisotopic (exact) mass is 614 g/mol. The summed E-state index contributed by atoms with van der Waals surface area (Å²) in [5.74, 6) is -0.312. The van der Waals surface area contributed by atoms with E-state index in [2.05, 4.69) is 20.9 Å². The Balaban J connectivity index is 1.84. The van der Waals surface area contributed by atoms with Crippen molar-refractivity contribution in [2.45, 2.75) is 26.3 Å². The summed E-state index contributed by atoms with van der Waals surface area (Å²) in [7, 11) is 2.80. The average molecular weight is 616 g/mol. The quantitative estimate of drug-likeness (QED) is 0.340. The molecule has 9 nitrogen and oxygen atoms in total. The van der Waals surface area contributed by atoms with E-state index < -0.39 is 18.0 Å². The van der Waals surface area contributed by atoms with Gasteiger partial charge in [-0.15, -0.1) is 0 Å². The second-order valence-electron chi connectivity index (χ2n) is 8.33. The Morgan fingerprint density at radius 2 is 1.90 bits per heavy atom. The first kappa shape index (κ1) is 28.3. The highest BCUT2D eigenvalue weighted by atomic mass is 79.9. The van der Waals surface area contributed by atoms with Crippen molar-refractivity contribution in [3.8, 4) is 11.5 Å². The summed E-state index contributed by atoms with van der Waals surface area (Å²) in [6, 6.07) is 12.1. The number of halogens is 1. The molecule has 0 bridgehead atoms. The fourth-order valence-electron chi connectivity index (χ4n) is 4.26. The van der Waals surface area contributed by atoms with Crippen LogP contribution in [0.4, 0.5) is 0 Å². The molecule has 0 spiro atoms. The van der Waals surface area contributed by atoms with E-state index in [4.69, 9.17) is 18.9 Å². The number of nitrogens with zero attached hydrogens (tertiary/aromatic N) is 2. The molecule has 0 saturated heterocycles.